The summed E-state index contributed by atoms with van der Waals surface area (Å²) in [4.78, 5) is 4.19. The summed E-state index contributed by atoms with van der Waals surface area (Å²) in [5.74, 6) is -0.955. The number of ether oxygens (including phenoxy) is 3. The van der Waals surface area contributed by atoms with E-state index in [1.165, 1.54) is 4.57 Å². The smallest absolute Gasteiger partial charge is 0.297 e. The quantitative estimate of drug-likeness (QED) is 0.503. The van der Waals surface area contributed by atoms with Gasteiger partial charge in [-0.2, -0.15) is 18.1 Å². The van der Waals surface area contributed by atoms with Gasteiger partial charge >= 0.3 is 0 Å². The van der Waals surface area contributed by atoms with E-state index < -0.39 is 35.1 Å². The molecule has 1 aliphatic carbocycles. The number of alkyl halides is 2. The third-order valence-electron chi connectivity index (χ3n) is 5.17. The van der Waals surface area contributed by atoms with Crippen LogP contribution in [0.15, 0.2) is 6.07 Å². The number of imidazole rings is 1. The van der Waals surface area contributed by atoms with Gasteiger partial charge in [0.2, 0.25) is 0 Å². The molecule has 14 heteroatoms. The number of halogens is 4. The molecule has 3 rings (SSSR count). The van der Waals surface area contributed by atoms with Crippen molar-refractivity contribution in [2.75, 3.05) is 13.2 Å². The largest absolute Gasteiger partial charge is 0.486 e. The number of nitrogens with two attached hydrogens (primary N) is 1. The monoisotopic (exact) mass is 514 g/mol. The Hall–Kier alpha value is -1.80. The molecule has 2 aromatic rings. The van der Waals surface area contributed by atoms with Gasteiger partial charge in [-0.1, -0.05) is 11.6 Å². The van der Waals surface area contributed by atoms with E-state index in [-0.39, 0.29) is 46.6 Å². The number of hydrogen-bond donors (Lipinski definition) is 2. The first-order valence-corrected chi connectivity index (χ1v) is 12.2. The first-order valence-electron chi connectivity index (χ1n) is 10.3. The molecule has 0 amide bonds. The minimum absolute atomic E-state index is 0.0313. The summed E-state index contributed by atoms with van der Waals surface area (Å²) in [5.41, 5.74) is 0.138. The van der Waals surface area contributed by atoms with Crippen LogP contribution in [0.2, 0.25) is 5.02 Å². The molecule has 1 saturated carbocycles. The molecule has 1 aromatic heterocycles. The van der Waals surface area contributed by atoms with E-state index in [1.807, 2.05) is 0 Å². The Labute approximate surface area is 194 Å². The van der Waals surface area contributed by atoms with Crippen LogP contribution in [0, 0.1) is 5.82 Å². The molecule has 1 aliphatic rings. The molecule has 0 spiro atoms. The zero-order chi connectivity index (χ0) is 24.3. The predicted molar refractivity (Wildman–Crippen MR) is 116 cm³/mol. The van der Waals surface area contributed by atoms with Gasteiger partial charge in [0.1, 0.15) is 29.0 Å². The third kappa shape index (κ3) is 6.85. The highest BCUT2D eigenvalue weighted by atomic mass is 35.5. The lowest BCUT2D eigenvalue weighted by molar-refractivity contribution is -0.00468. The van der Waals surface area contributed by atoms with Crippen molar-refractivity contribution >= 4 is 32.8 Å². The fourth-order valence-corrected chi connectivity index (χ4v) is 4.64. The number of nitrogens with one attached hydrogen (secondary N) is 1. The summed E-state index contributed by atoms with van der Waals surface area (Å²) in [5, 5.41) is 4.91. The van der Waals surface area contributed by atoms with E-state index in [9.17, 15) is 21.6 Å². The van der Waals surface area contributed by atoms with E-state index >= 15 is 0 Å². The highest BCUT2D eigenvalue weighted by Gasteiger charge is 2.27. The maximum Gasteiger partial charge on any atom is 0.297 e. The summed E-state index contributed by atoms with van der Waals surface area (Å²) in [6, 6.07) is 0.619. The maximum atomic E-state index is 14.5. The van der Waals surface area contributed by atoms with Crippen LogP contribution in [-0.4, -0.2) is 55.9 Å². The van der Waals surface area contributed by atoms with Crippen LogP contribution in [-0.2, 0) is 22.0 Å². The Kier molecular flexibility index (Phi) is 8.32. The van der Waals surface area contributed by atoms with Crippen molar-refractivity contribution < 1.29 is 35.8 Å². The molecular formula is C19H26ClF3N4O5S. The Balaban J connectivity index is 1.61. The summed E-state index contributed by atoms with van der Waals surface area (Å²) >= 11 is 6.26. The van der Waals surface area contributed by atoms with Gasteiger partial charge in [0.25, 0.3) is 22.6 Å². The summed E-state index contributed by atoms with van der Waals surface area (Å²) in [6.45, 7) is 0.929. The fourth-order valence-electron chi connectivity index (χ4n) is 3.68. The molecule has 1 atom stereocenters. The lowest BCUT2D eigenvalue weighted by Gasteiger charge is -2.29. The molecule has 3 N–H and O–H groups in total. The molecule has 1 aromatic carbocycles. The number of fused-ring (bicyclic) bond motifs is 1. The van der Waals surface area contributed by atoms with Crippen molar-refractivity contribution in [3.8, 4) is 11.8 Å². The van der Waals surface area contributed by atoms with E-state index in [0.29, 0.717) is 25.7 Å². The number of benzene rings is 1. The maximum absolute atomic E-state index is 14.5. The van der Waals surface area contributed by atoms with Crippen LogP contribution in [0.3, 0.4) is 0 Å². The normalized spacial score (nSPS) is 20.4. The lowest BCUT2D eigenvalue weighted by Crippen LogP contribution is -2.41. The van der Waals surface area contributed by atoms with Crippen LogP contribution in [0.4, 0.5) is 13.2 Å². The molecule has 1 fully saturated rings. The van der Waals surface area contributed by atoms with Crippen molar-refractivity contribution in [3.63, 3.8) is 0 Å². The van der Waals surface area contributed by atoms with Crippen molar-refractivity contribution in [1.29, 1.82) is 0 Å². The average Bonchev–Trinajstić information content (AvgIpc) is 3.05. The van der Waals surface area contributed by atoms with Gasteiger partial charge in [0.15, 0.2) is 5.82 Å². The van der Waals surface area contributed by atoms with Crippen LogP contribution in [0.25, 0.3) is 11.0 Å². The number of hydrogen-bond acceptors (Lipinski definition) is 6. The second kappa shape index (κ2) is 10.6. The standard InChI is InChI=1S/C19H26ClF3N4O5S/c1-10(26-33(24,28)29)8-30-11-3-5-12(6-4-11)32-19-25-17-13(21)7-14(31-9-15(22)23)16(20)18(17)27(19)2/h7,10-12,15,26H,3-6,8-9H2,1-2H3,(H2,24,28,29)/t10-,11?,12?/m0/s1. The first kappa shape index (κ1) is 25.8. The number of aryl methyl sites for hydroxylation is 1. The van der Waals surface area contributed by atoms with E-state index in [1.54, 1.807) is 14.0 Å². The molecule has 186 valence electrons. The van der Waals surface area contributed by atoms with Crippen LogP contribution in [0.5, 0.6) is 11.8 Å². The highest BCUT2D eigenvalue weighted by Crippen LogP contribution is 2.37. The Morgan fingerprint density at radius 3 is 2.52 bits per heavy atom. The molecule has 0 unspecified atom stereocenters. The molecule has 33 heavy (non-hydrogen) atoms. The van der Waals surface area contributed by atoms with Crippen LogP contribution < -0.4 is 19.3 Å². The van der Waals surface area contributed by atoms with Crippen molar-refractivity contribution in [2.24, 2.45) is 12.2 Å². The number of nitrogens with zero attached hydrogens (tertiary/aromatic N) is 2. The Bertz CT molecular complexity index is 1080. The van der Waals surface area contributed by atoms with Crippen LogP contribution in [0.1, 0.15) is 32.6 Å². The van der Waals surface area contributed by atoms with Gasteiger partial charge < -0.3 is 14.2 Å². The lowest BCUT2D eigenvalue weighted by atomic mass is 9.95. The van der Waals surface area contributed by atoms with Gasteiger partial charge in [-0.05, 0) is 32.6 Å². The van der Waals surface area contributed by atoms with E-state index in [0.717, 1.165) is 6.07 Å². The number of aromatic nitrogens is 2. The summed E-state index contributed by atoms with van der Waals surface area (Å²) < 4.78 is 81.8. The molecular weight excluding hydrogens is 489 g/mol. The Morgan fingerprint density at radius 1 is 1.27 bits per heavy atom. The molecule has 0 radical (unpaired) electrons. The van der Waals surface area contributed by atoms with Crippen molar-refractivity contribution in [2.45, 2.75) is 57.3 Å². The molecule has 0 saturated heterocycles. The minimum atomic E-state index is -3.79. The van der Waals surface area contributed by atoms with Crippen molar-refractivity contribution in [3.05, 3.63) is 16.9 Å². The van der Waals surface area contributed by atoms with E-state index in [2.05, 4.69) is 9.71 Å². The molecule has 0 bridgehead atoms. The Morgan fingerprint density at radius 2 is 1.91 bits per heavy atom. The van der Waals surface area contributed by atoms with Gasteiger partial charge in [0.05, 0.1) is 18.2 Å². The SMILES string of the molecule is C[C@@H](COC1CCC(Oc2nc3c(F)cc(OCC(F)F)c(Cl)c3n2C)CC1)NS(N)(=O)=O. The third-order valence-corrected chi connectivity index (χ3v) is 6.26. The molecule has 1 heterocycles. The zero-order valence-electron chi connectivity index (χ0n) is 18.1. The summed E-state index contributed by atoms with van der Waals surface area (Å²) in [7, 11) is -2.20. The second-order valence-corrected chi connectivity index (χ2v) is 9.64. The van der Waals surface area contributed by atoms with Gasteiger partial charge in [-0.3, -0.25) is 4.57 Å². The highest BCUT2D eigenvalue weighted by molar-refractivity contribution is 7.87. The first-order chi connectivity index (χ1) is 15.4. The molecule has 0 aliphatic heterocycles. The fraction of sp³-hybridized carbons (Fsp3) is 0.632. The van der Waals surface area contributed by atoms with E-state index in [4.69, 9.17) is 31.0 Å². The second-order valence-electron chi connectivity index (χ2n) is 7.94. The minimum Gasteiger partial charge on any atom is -0.486 e. The van der Waals surface area contributed by atoms with Crippen LogP contribution >= 0.6 is 11.6 Å². The van der Waals surface area contributed by atoms with Crippen molar-refractivity contribution in [1.82, 2.24) is 14.3 Å². The van der Waals surface area contributed by atoms with Gasteiger partial charge in [0, 0.05) is 19.2 Å². The average molecular weight is 515 g/mol. The predicted octanol–water partition coefficient (Wildman–Crippen LogP) is 2.90. The molecule has 9 nitrogen and oxygen atoms in total. The topological polar surface area (TPSA) is 118 Å². The van der Waals surface area contributed by atoms with Gasteiger partial charge in [-0.15, -0.1) is 0 Å². The van der Waals surface area contributed by atoms with Gasteiger partial charge in [-0.25, -0.2) is 18.3 Å². The summed E-state index contributed by atoms with van der Waals surface area (Å²) in [6.07, 6.45) is -0.339. The zero-order valence-corrected chi connectivity index (χ0v) is 19.6. The number of rotatable bonds is 10.